The van der Waals surface area contributed by atoms with Gasteiger partial charge < -0.3 is 10.4 Å². The molecule has 0 aromatic heterocycles. The van der Waals surface area contributed by atoms with Crippen LogP contribution in [0.1, 0.15) is 25.7 Å². The fraction of sp³-hybridized carbons (Fsp3) is 0.571. The molecule has 0 aliphatic heterocycles. The zero-order chi connectivity index (χ0) is 15.5. The van der Waals surface area contributed by atoms with Gasteiger partial charge in [0.05, 0.1) is 4.90 Å². The van der Waals surface area contributed by atoms with Gasteiger partial charge in [0.25, 0.3) is 0 Å². The van der Waals surface area contributed by atoms with Crippen molar-refractivity contribution >= 4 is 15.5 Å². The Morgan fingerprint density at radius 1 is 1.14 bits per heavy atom. The summed E-state index contributed by atoms with van der Waals surface area (Å²) in [5.74, 6) is -3.04. The van der Waals surface area contributed by atoms with Crippen LogP contribution in [0.25, 0.3) is 0 Å². The van der Waals surface area contributed by atoms with Crippen LogP contribution in [0.2, 0.25) is 0 Å². The number of rotatable bonds is 5. The molecule has 0 saturated heterocycles. The van der Waals surface area contributed by atoms with E-state index in [-0.39, 0.29) is 17.5 Å². The van der Waals surface area contributed by atoms with E-state index in [0.717, 1.165) is 31.4 Å². The molecule has 0 bridgehead atoms. The molecule has 118 valence electrons. The van der Waals surface area contributed by atoms with Crippen molar-refractivity contribution in [3.8, 4) is 0 Å². The average molecular weight is 319 g/mol. The molecule has 2 rings (SSSR count). The second-order valence-corrected chi connectivity index (χ2v) is 7.29. The van der Waals surface area contributed by atoms with Crippen molar-refractivity contribution in [2.45, 2.75) is 42.4 Å². The van der Waals surface area contributed by atoms with Gasteiger partial charge in [-0.2, -0.15) is 8.78 Å². The first kappa shape index (κ1) is 16.2. The van der Waals surface area contributed by atoms with Crippen molar-refractivity contribution < 1.29 is 22.3 Å². The number of anilines is 1. The van der Waals surface area contributed by atoms with Gasteiger partial charge in [-0.05, 0) is 55.9 Å². The number of aliphatic hydroxyl groups is 1. The summed E-state index contributed by atoms with van der Waals surface area (Å²) in [4.78, 5) is -0.368. The molecule has 1 aromatic carbocycles. The minimum Gasteiger partial charge on any atom is -0.396 e. The Bertz CT molecular complexity index is 552. The molecule has 0 spiro atoms. The SMILES string of the molecule is O=S(=O)(c1ccc(NC2CCC(CO)CC2)cc1)C(F)F. The molecule has 1 saturated carbocycles. The summed E-state index contributed by atoms with van der Waals surface area (Å²) in [7, 11) is -4.53. The predicted octanol–water partition coefficient (Wildman–Crippen LogP) is 2.65. The van der Waals surface area contributed by atoms with E-state index in [0.29, 0.717) is 5.92 Å². The standard InChI is InChI=1S/C14H19F2NO3S/c15-14(16)21(19,20)13-7-5-12(6-8-13)17-11-3-1-10(9-18)2-4-11/h5-8,10-11,14,17-18H,1-4,9H2. The number of halogens is 2. The fourth-order valence-electron chi connectivity index (χ4n) is 2.57. The lowest BCUT2D eigenvalue weighted by Crippen LogP contribution is -2.27. The quantitative estimate of drug-likeness (QED) is 0.875. The molecular weight excluding hydrogens is 300 g/mol. The normalized spacial score (nSPS) is 23.2. The van der Waals surface area contributed by atoms with Gasteiger partial charge in [0.2, 0.25) is 9.84 Å². The lowest BCUT2D eigenvalue weighted by atomic mass is 9.86. The minimum absolute atomic E-state index is 0.215. The number of hydrogen-bond acceptors (Lipinski definition) is 4. The lowest BCUT2D eigenvalue weighted by molar-refractivity contribution is 0.186. The third-order valence-corrected chi connectivity index (χ3v) is 5.29. The van der Waals surface area contributed by atoms with E-state index in [4.69, 9.17) is 5.11 Å². The van der Waals surface area contributed by atoms with Gasteiger partial charge in [-0.3, -0.25) is 0 Å². The van der Waals surface area contributed by atoms with Crippen molar-refractivity contribution in [3.05, 3.63) is 24.3 Å². The highest BCUT2D eigenvalue weighted by Gasteiger charge is 2.26. The van der Waals surface area contributed by atoms with Crippen molar-refractivity contribution in [3.63, 3.8) is 0 Å². The molecule has 4 nitrogen and oxygen atoms in total. The molecule has 7 heteroatoms. The van der Waals surface area contributed by atoms with Gasteiger partial charge in [-0.25, -0.2) is 8.42 Å². The number of alkyl halides is 2. The van der Waals surface area contributed by atoms with Crippen LogP contribution >= 0.6 is 0 Å². The van der Waals surface area contributed by atoms with Gasteiger partial charge in [0.15, 0.2) is 0 Å². The Hall–Kier alpha value is -1.21. The monoisotopic (exact) mass is 319 g/mol. The zero-order valence-corrected chi connectivity index (χ0v) is 12.3. The molecule has 0 atom stereocenters. The van der Waals surface area contributed by atoms with E-state index < -0.39 is 15.6 Å². The van der Waals surface area contributed by atoms with Crippen molar-refractivity contribution in [2.75, 3.05) is 11.9 Å². The van der Waals surface area contributed by atoms with Gasteiger partial charge in [0, 0.05) is 18.3 Å². The first-order valence-corrected chi connectivity index (χ1v) is 8.47. The Morgan fingerprint density at radius 2 is 1.71 bits per heavy atom. The summed E-state index contributed by atoms with van der Waals surface area (Å²) < 4.78 is 47.5. The van der Waals surface area contributed by atoms with Crippen LogP contribution in [-0.4, -0.2) is 31.9 Å². The molecule has 0 heterocycles. The summed E-state index contributed by atoms with van der Waals surface area (Å²) in [6, 6.07) is 5.68. The topological polar surface area (TPSA) is 66.4 Å². The lowest BCUT2D eigenvalue weighted by Gasteiger charge is -2.28. The van der Waals surface area contributed by atoms with Crippen LogP contribution in [0.5, 0.6) is 0 Å². The predicted molar refractivity (Wildman–Crippen MR) is 76.1 cm³/mol. The second-order valence-electron chi connectivity index (χ2n) is 5.37. The molecule has 1 aliphatic rings. The highest BCUT2D eigenvalue weighted by molar-refractivity contribution is 7.91. The Balaban J connectivity index is 1.97. The third kappa shape index (κ3) is 3.91. The first-order valence-electron chi connectivity index (χ1n) is 6.93. The summed E-state index contributed by atoms with van der Waals surface area (Å²) >= 11 is 0. The molecular formula is C14H19F2NO3S. The van der Waals surface area contributed by atoms with E-state index in [2.05, 4.69) is 5.32 Å². The molecule has 1 fully saturated rings. The van der Waals surface area contributed by atoms with Crippen LogP contribution in [0.15, 0.2) is 29.2 Å². The number of nitrogens with one attached hydrogen (secondary N) is 1. The molecule has 0 unspecified atom stereocenters. The fourth-order valence-corrected chi connectivity index (χ4v) is 3.29. The van der Waals surface area contributed by atoms with Gasteiger partial charge in [0.1, 0.15) is 0 Å². The summed E-state index contributed by atoms with van der Waals surface area (Å²) in [6.07, 6.45) is 3.77. The number of aliphatic hydroxyl groups excluding tert-OH is 1. The number of hydrogen-bond donors (Lipinski definition) is 2. The molecule has 0 amide bonds. The third-order valence-electron chi connectivity index (χ3n) is 3.89. The van der Waals surface area contributed by atoms with Gasteiger partial charge in [-0.15, -0.1) is 0 Å². The van der Waals surface area contributed by atoms with Crippen molar-refractivity contribution in [1.29, 1.82) is 0 Å². The van der Waals surface area contributed by atoms with Crippen LogP contribution in [0.3, 0.4) is 0 Å². The molecule has 0 radical (unpaired) electrons. The highest BCUT2D eigenvalue weighted by Crippen LogP contribution is 2.27. The number of sulfone groups is 1. The Morgan fingerprint density at radius 3 is 2.19 bits per heavy atom. The average Bonchev–Trinajstić information content (AvgIpc) is 2.48. The first-order chi connectivity index (χ1) is 9.93. The van der Waals surface area contributed by atoms with Gasteiger partial charge in [-0.1, -0.05) is 0 Å². The van der Waals surface area contributed by atoms with E-state index in [1.54, 1.807) is 0 Å². The second kappa shape index (κ2) is 6.70. The van der Waals surface area contributed by atoms with Crippen LogP contribution in [0.4, 0.5) is 14.5 Å². The van der Waals surface area contributed by atoms with E-state index in [1.165, 1.54) is 24.3 Å². The zero-order valence-electron chi connectivity index (χ0n) is 11.5. The van der Waals surface area contributed by atoms with Crippen LogP contribution in [0, 0.1) is 5.92 Å². The minimum atomic E-state index is -4.53. The van der Waals surface area contributed by atoms with Crippen LogP contribution < -0.4 is 5.32 Å². The summed E-state index contributed by atoms with van der Waals surface area (Å²) in [5.41, 5.74) is 0.718. The van der Waals surface area contributed by atoms with Crippen LogP contribution in [-0.2, 0) is 9.84 Å². The van der Waals surface area contributed by atoms with E-state index in [9.17, 15) is 17.2 Å². The number of benzene rings is 1. The maximum Gasteiger partial charge on any atom is 0.341 e. The Kier molecular flexibility index (Phi) is 5.16. The smallest absolute Gasteiger partial charge is 0.341 e. The molecule has 21 heavy (non-hydrogen) atoms. The van der Waals surface area contributed by atoms with E-state index >= 15 is 0 Å². The molecule has 1 aliphatic carbocycles. The summed E-state index contributed by atoms with van der Waals surface area (Å²) in [6.45, 7) is 0.215. The van der Waals surface area contributed by atoms with Crippen molar-refractivity contribution in [1.82, 2.24) is 0 Å². The van der Waals surface area contributed by atoms with Crippen molar-refractivity contribution in [2.24, 2.45) is 5.92 Å². The molecule has 1 aromatic rings. The largest absolute Gasteiger partial charge is 0.396 e. The maximum atomic E-state index is 12.4. The maximum absolute atomic E-state index is 12.4. The van der Waals surface area contributed by atoms with Gasteiger partial charge >= 0.3 is 5.76 Å². The Labute approximate surface area is 123 Å². The highest BCUT2D eigenvalue weighted by atomic mass is 32.2. The summed E-state index contributed by atoms with van der Waals surface area (Å²) in [5, 5.41) is 12.3. The molecule has 2 N–H and O–H groups in total. The van der Waals surface area contributed by atoms with E-state index in [1.807, 2.05) is 0 Å².